The predicted molar refractivity (Wildman–Crippen MR) is 86.0 cm³/mol. The molecule has 0 aliphatic carbocycles. The molecule has 0 aromatic heterocycles. The molecule has 20 heavy (non-hydrogen) atoms. The van der Waals surface area contributed by atoms with Gasteiger partial charge < -0.3 is 10.2 Å². The first-order chi connectivity index (χ1) is 9.20. The minimum atomic E-state index is -1.19. The van der Waals surface area contributed by atoms with Crippen LogP contribution >= 0.6 is 0 Å². The van der Waals surface area contributed by atoms with Crippen molar-refractivity contribution in [1.29, 1.82) is 0 Å². The quantitative estimate of drug-likeness (QED) is 0.600. The summed E-state index contributed by atoms with van der Waals surface area (Å²) in [4.78, 5) is 0. The van der Waals surface area contributed by atoms with E-state index in [1.807, 2.05) is 20.8 Å². The maximum absolute atomic E-state index is 9.75. The van der Waals surface area contributed by atoms with Gasteiger partial charge in [-0.25, -0.2) is 0 Å². The van der Waals surface area contributed by atoms with Crippen LogP contribution in [0.3, 0.4) is 0 Å². The van der Waals surface area contributed by atoms with Gasteiger partial charge in [0.1, 0.15) is 11.4 Å². The van der Waals surface area contributed by atoms with Crippen LogP contribution in [-0.2, 0) is 0 Å². The molecule has 1 unspecified atom stereocenters. The maximum atomic E-state index is 9.75. The third-order valence-corrected chi connectivity index (χ3v) is 2.91. The van der Waals surface area contributed by atoms with Crippen LogP contribution in [0.5, 0.6) is 5.75 Å². The van der Waals surface area contributed by atoms with Gasteiger partial charge in [0.25, 0.3) is 0 Å². The van der Waals surface area contributed by atoms with Gasteiger partial charge in [-0.1, -0.05) is 38.7 Å². The fourth-order valence-electron chi connectivity index (χ4n) is 1.49. The highest BCUT2D eigenvalue weighted by molar-refractivity contribution is 5.55. The molecule has 2 nitrogen and oxygen atoms in total. The third kappa shape index (κ3) is 5.11. The van der Waals surface area contributed by atoms with Gasteiger partial charge >= 0.3 is 0 Å². The summed E-state index contributed by atoms with van der Waals surface area (Å²) in [5.41, 5.74) is 2.32. The number of aliphatic hydroxyl groups is 1. The zero-order valence-electron chi connectivity index (χ0n) is 13.5. The molecule has 0 aliphatic rings. The topological polar surface area (TPSA) is 40.5 Å². The average Bonchev–Trinajstić information content (AvgIpc) is 2.37. The molecule has 0 saturated heterocycles. The summed E-state index contributed by atoms with van der Waals surface area (Å²) in [5.74, 6) is 6.00. The van der Waals surface area contributed by atoms with Gasteiger partial charge in [-0.2, -0.15) is 0 Å². The van der Waals surface area contributed by atoms with Gasteiger partial charge in [0, 0.05) is 5.56 Å². The molecule has 2 heteroatoms. The largest absolute Gasteiger partial charge is 0.508 e. The molecule has 2 N–H and O–H groups in total. The van der Waals surface area contributed by atoms with Crippen LogP contribution in [0.1, 0.15) is 49.4 Å². The molecule has 0 amide bonds. The first kappa shape index (κ1) is 18.3. The van der Waals surface area contributed by atoms with Crippen LogP contribution in [0.15, 0.2) is 18.7 Å². The van der Waals surface area contributed by atoms with Crippen LogP contribution in [0.2, 0.25) is 0 Å². The van der Waals surface area contributed by atoms with E-state index in [4.69, 9.17) is 0 Å². The Morgan fingerprint density at radius 2 is 1.75 bits per heavy atom. The van der Waals surface area contributed by atoms with Gasteiger partial charge in [0.15, 0.2) is 0 Å². The predicted octanol–water partition coefficient (Wildman–Crippen LogP) is 4.02. The maximum Gasteiger partial charge on any atom is 0.141 e. The van der Waals surface area contributed by atoms with Crippen LogP contribution in [-0.4, -0.2) is 15.8 Å². The van der Waals surface area contributed by atoms with E-state index in [0.29, 0.717) is 0 Å². The van der Waals surface area contributed by atoms with Gasteiger partial charge in [0.2, 0.25) is 0 Å². The smallest absolute Gasteiger partial charge is 0.141 e. The summed E-state index contributed by atoms with van der Waals surface area (Å²) >= 11 is 0. The van der Waals surface area contributed by atoms with Gasteiger partial charge in [-0.15, -0.1) is 0 Å². The van der Waals surface area contributed by atoms with Crippen LogP contribution < -0.4 is 0 Å². The Bertz CT molecular complexity index is 529. The number of hydrogen-bond acceptors (Lipinski definition) is 2. The summed E-state index contributed by atoms with van der Waals surface area (Å²) in [6.45, 7) is 15.0. The van der Waals surface area contributed by atoms with Crippen molar-refractivity contribution in [3.8, 4) is 17.6 Å². The lowest BCUT2D eigenvalue weighted by atomic mass is 9.97. The van der Waals surface area contributed by atoms with Crippen molar-refractivity contribution in [3.05, 3.63) is 41.0 Å². The van der Waals surface area contributed by atoms with Crippen molar-refractivity contribution in [3.63, 3.8) is 0 Å². The van der Waals surface area contributed by atoms with E-state index in [0.717, 1.165) is 22.3 Å². The second-order valence-corrected chi connectivity index (χ2v) is 5.15. The molecule has 0 bridgehead atoms. The molecular formula is C18H26O2. The molecule has 0 spiro atoms. The minimum Gasteiger partial charge on any atom is -0.508 e. The van der Waals surface area contributed by atoms with E-state index < -0.39 is 5.60 Å². The number of benzene rings is 1. The van der Waals surface area contributed by atoms with E-state index >= 15 is 0 Å². The third-order valence-electron chi connectivity index (χ3n) is 2.91. The summed E-state index contributed by atoms with van der Waals surface area (Å²) in [7, 11) is 0. The fraction of sp³-hybridized carbons (Fsp3) is 0.444. The number of rotatable bonds is 1. The molecule has 110 valence electrons. The van der Waals surface area contributed by atoms with Crippen LogP contribution in [0, 0.1) is 32.6 Å². The molecule has 1 aromatic rings. The number of aromatic hydroxyl groups is 1. The van der Waals surface area contributed by atoms with Crippen molar-refractivity contribution in [2.45, 2.75) is 53.6 Å². The Balaban J connectivity index is 0.00000110. The molecule has 0 radical (unpaired) electrons. The first-order valence-electron chi connectivity index (χ1n) is 6.89. The lowest BCUT2D eigenvalue weighted by molar-refractivity contribution is 0.175. The van der Waals surface area contributed by atoms with Gasteiger partial charge in [-0.3, -0.25) is 0 Å². The van der Waals surface area contributed by atoms with Crippen molar-refractivity contribution >= 4 is 0 Å². The lowest BCUT2D eigenvalue weighted by Crippen LogP contribution is -2.16. The Hall–Kier alpha value is -1.72. The summed E-state index contributed by atoms with van der Waals surface area (Å²) in [6, 6.07) is 1.69. The summed E-state index contributed by atoms with van der Waals surface area (Å²) in [6.07, 6.45) is 2.65. The van der Waals surface area contributed by atoms with Crippen molar-refractivity contribution in [1.82, 2.24) is 0 Å². The van der Waals surface area contributed by atoms with Crippen LogP contribution in [0.25, 0.3) is 0 Å². The number of aryl methyl sites for hydroxylation is 1. The minimum absolute atomic E-state index is 0.279. The van der Waals surface area contributed by atoms with Crippen LogP contribution in [0.4, 0.5) is 0 Å². The first-order valence-corrected chi connectivity index (χ1v) is 6.89. The highest BCUT2D eigenvalue weighted by Crippen LogP contribution is 2.25. The standard InChI is InChI=1S/C15H18O2.C3H8/c1-6-15(5,17)8-7-13-10(2)9-14(16)12(4)11(13)3;1-3-2/h6,9,16-17H,1H2,2-5H3;3H2,1-2H3. The monoisotopic (exact) mass is 274 g/mol. The SMILES string of the molecule is C=CC(C)(O)C#Cc1c(C)cc(O)c(C)c1C.CCC. The Morgan fingerprint density at radius 3 is 2.20 bits per heavy atom. The second kappa shape index (κ2) is 7.77. The molecular weight excluding hydrogens is 248 g/mol. The molecule has 1 aromatic carbocycles. The highest BCUT2D eigenvalue weighted by atomic mass is 16.3. The molecule has 0 heterocycles. The Morgan fingerprint density at radius 1 is 1.25 bits per heavy atom. The molecule has 0 saturated carbocycles. The molecule has 1 atom stereocenters. The molecule has 0 aliphatic heterocycles. The van der Waals surface area contributed by atoms with Gasteiger partial charge in [-0.05, 0) is 56.5 Å². The Kier molecular flexibility index (Phi) is 7.10. The average molecular weight is 274 g/mol. The summed E-state index contributed by atoms with van der Waals surface area (Å²) < 4.78 is 0. The zero-order valence-corrected chi connectivity index (χ0v) is 13.5. The normalized spacial score (nSPS) is 12.3. The zero-order chi connectivity index (χ0) is 15.9. The molecule has 0 fully saturated rings. The van der Waals surface area contributed by atoms with Crippen molar-refractivity contribution in [2.75, 3.05) is 0 Å². The number of hydrogen-bond donors (Lipinski definition) is 2. The van der Waals surface area contributed by atoms with E-state index in [9.17, 15) is 10.2 Å². The van der Waals surface area contributed by atoms with E-state index in [-0.39, 0.29) is 5.75 Å². The lowest BCUT2D eigenvalue weighted by Gasteiger charge is -2.11. The van der Waals surface area contributed by atoms with Crippen molar-refractivity contribution < 1.29 is 10.2 Å². The second-order valence-electron chi connectivity index (χ2n) is 5.15. The van der Waals surface area contributed by atoms with E-state index in [1.54, 1.807) is 13.0 Å². The summed E-state index contributed by atoms with van der Waals surface area (Å²) in [5, 5.41) is 19.4. The number of phenolic OH excluding ortho intramolecular Hbond substituents is 1. The Labute approximate surface area is 123 Å². The highest BCUT2D eigenvalue weighted by Gasteiger charge is 2.11. The van der Waals surface area contributed by atoms with Gasteiger partial charge in [0.05, 0.1) is 0 Å². The van der Waals surface area contributed by atoms with E-state index in [1.165, 1.54) is 12.5 Å². The number of phenols is 1. The molecule has 1 rings (SSSR count). The van der Waals surface area contributed by atoms with E-state index in [2.05, 4.69) is 32.3 Å². The van der Waals surface area contributed by atoms with Crippen molar-refractivity contribution in [2.24, 2.45) is 0 Å². The fourth-order valence-corrected chi connectivity index (χ4v) is 1.49.